The largest absolute Gasteiger partial charge is 0.443 e. The molecule has 154 valence electrons. The summed E-state index contributed by atoms with van der Waals surface area (Å²) in [6.45, 7) is 12.3. The van der Waals surface area contributed by atoms with Gasteiger partial charge in [0.2, 0.25) is 11.8 Å². The highest BCUT2D eigenvalue weighted by Crippen LogP contribution is 2.22. The SMILES string of the molecule is CN=C(NCc1ncc(C(C)(C)C)o1)NC1CCN(C(=O)C(C)C)CC1.I. The number of likely N-dealkylation sites (tertiary alicyclic amines) is 1. The molecule has 1 fully saturated rings. The van der Waals surface area contributed by atoms with E-state index in [9.17, 15) is 4.79 Å². The van der Waals surface area contributed by atoms with E-state index < -0.39 is 0 Å². The Morgan fingerprint density at radius 1 is 1.37 bits per heavy atom. The molecule has 1 saturated heterocycles. The molecule has 2 N–H and O–H groups in total. The quantitative estimate of drug-likeness (QED) is 0.385. The van der Waals surface area contributed by atoms with Gasteiger partial charge in [0.25, 0.3) is 0 Å². The van der Waals surface area contributed by atoms with Gasteiger partial charge >= 0.3 is 0 Å². The number of hydrogen-bond donors (Lipinski definition) is 2. The van der Waals surface area contributed by atoms with Crippen LogP contribution < -0.4 is 10.6 Å². The number of aromatic nitrogens is 1. The number of oxazole rings is 1. The van der Waals surface area contributed by atoms with Crippen molar-refractivity contribution in [2.75, 3.05) is 20.1 Å². The van der Waals surface area contributed by atoms with Crippen molar-refractivity contribution in [2.45, 2.75) is 65.5 Å². The molecule has 1 aromatic heterocycles. The van der Waals surface area contributed by atoms with Crippen LogP contribution in [0.2, 0.25) is 0 Å². The number of rotatable bonds is 4. The third kappa shape index (κ3) is 6.97. The van der Waals surface area contributed by atoms with Gasteiger partial charge in [-0.25, -0.2) is 4.98 Å². The van der Waals surface area contributed by atoms with Crippen LogP contribution in [-0.4, -0.2) is 47.9 Å². The Kier molecular flexibility index (Phi) is 9.04. The minimum absolute atomic E-state index is 0. The number of piperidine rings is 1. The molecule has 0 aromatic carbocycles. The van der Waals surface area contributed by atoms with Gasteiger partial charge in [0.15, 0.2) is 5.96 Å². The van der Waals surface area contributed by atoms with Crippen LogP contribution in [-0.2, 0) is 16.8 Å². The van der Waals surface area contributed by atoms with E-state index in [4.69, 9.17) is 4.42 Å². The molecule has 0 saturated carbocycles. The number of guanidine groups is 1. The van der Waals surface area contributed by atoms with E-state index in [1.54, 1.807) is 13.2 Å². The van der Waals surface area contributed by atoms with E-state index in [-0.39, 0.29) is 41.2 Å². The number of halogens is 1. The summed E-state index contributed by atoms with van der Waals surface area (Å²) in [6, 6.07) is 0.312. The van der Waals surface area contributed by atoms with E-state index in [0.717, 1.165) is 37.7 Å². The highest BCUT2D eigenvalue weighted by atomic mass is 127. The van der Waals surface area contributed by atoms with Crippen LogP contribution in [0.15, 0.2) is 15.6 Å². The molecule has 2 rings (SSSR count). The van der Waals surface area contributed by atoms with Gasteiger partial charge in [-0.15, -0.1) is 24.0 Å². The van der Waals surface area contributed by atoms with Gasteiger partial charge in [-0.05, 0) is 12.8 Å². The third-order valence-electron chi connectivity index (χ3n) is 4.56. The molecule has 0 spiro atoms. The van der Waals surface area contributed by atoms with Gasteiger partial charge in [0.1, 0.15) is 5.76 Å². The van der Waals surface area contributed by atoms with Gasteiger partial charge in [-0.3, -0.25) is 9.79 Å². The molecule has 1 aromatic rings. The minimum atomic E-state index is -0.0490. The Morgan fingerprint density at radius 2 is 2.00 bits per heavy atom. The average molecular weight is 491 g/mol. The van der Waals surface area contributed by atoms with Crippen molar-refractivity contribution in [1.29, 1.82) is 0 Å². The molecule has 0 aliphatic carbocycles. The Morgan fingerprint density at radius 3 is 2.48 bits per heavy atom. The maximum Gasteiger partial charge on any atom is 0.225 e. The topological polar surface area (TPSA) is 82.8 Å². The molecular weight excluding hydrogens is 457 g/mol. The lowest BCUT2D eigenvalue weighted by atomic mass is 9.94. The number of aliphatic imine (C=N–C) groups is 1. The summed E-state index contributed by atoms with van der Waals surface area (Å²) in [5, 5.41) is 6.69. The molecule has 8 heteroatoms. The number of carbonyl (C=O) groups excluding carboxylic acids is 1. The first kappa shape index (κ1) is 23.7. The number of nitrogens with zero attached hydrogens (tertiary/aromatic N) is 3. The fourth-order valence-corrected chi connectivity index (χ4v) is 2.90. The second-order valence-electron chi connectivity index (χ2n) is 8.19. The Labute approximate surface area is 179 Å². The summed E-state index contributed by atoms with van der Waals surface area (Å²) in [5.41, 5.74) is -0.0490. The van der Waals surface area contributed by atoms with E-state index in [1.165, 1.54) is 0 Å². The Bertz CT molecular complexity index is 628. The summed E-state index contributed by atoms with van der Waals surface area (Å²) < 4.78 is 5.80. The smallest absolute Gasteiger partial charge is 0.225 e. The molecule has 0 bridgehead atoms. The van der Waals surface area contributed by atoms with Crippen LogP contribution in [0.4, 0.5) is 0 Å². The van der Waals surface area contributed by atoms with Crippen molar-refractivity contribution in [3.8, 4) is 0 Å². The molecule has 0 unspecified atom stereocenters. The first-order valence-electron chi connectivity index (χ1n) is 9.42. The Balaban J connectivity index is 0.00000364. The standard InChI is InChI=1S/C19H33N5O2.HI/c1-13(2)17(25)24-9-7-14(8-10-24)23-18(20-6)22-12-16-21-11-15(26-16)19(3,4)5;/h11,13-14H,7-10,12H2,1-6H3,(H2,20,22,23);1H. The second kappa shape index (κ2) is 10.3. The zero-order chi connectivity index (χ0) is 19.3. The van der Waals surface area contributed by atoms with E-state index in [2.05, 4.69) is 41.4 Å². The summed E-state index contributed by atoms with van der Waals surface area (Å²) in [5.74, 6) is 2.56. The third-order valence-corrected chi connectivity index (χ3v) is 4.56. The highest BCUT2D eigenvalue weighted by molar-refractivity contribution is 14.0. The molecular formula is C19H34IN5O2. The molecule has 2 heterocycles. The van der Waals surface area contributed by atoms with E-state index in [0.29, 0.717) is 18.5 Å². The van der Waals surface area contributed by atoms with Gasteiger partial charge in [0.05, 0.1) is 12.7 Å². The molecule has 1 amide bonds. The first-order valence-corrected chi connectivity index (χ1v) is 9.42. The van der Waals surface area contributed by atoms with E-state index in [1.807, 2.05) is 18.7 Å². The lowest BCUT2D eigenvalue weighted by Crippen LogP contribution is -2.50. The maximum absolute atomic E-state index is 12.1. The molecule has 7 nitrogen and oxygen atoms in total. The van der Waals surface area contributed by atoms with Gasteiger partial charge in [0, 0.05) is 37.5 Å². The van der Waals surface area contributed by atoms with Crippen LogP contribution in [0.1, 0.15) is 59.1 Å². The predicted molar refractivity (Wildman–Crippen MR) is 118 cm³/mol. The molecule has 27 heavy (non-hydrogen) atoms. The van der Waals surface area contributed by atoms with Crippen molar-refractivity contribution in [1.82, 2.24) is 20.5 Å². The number of hydrogen-bond acceptors (Lipinski definition) is 4. The van der Waals surface area contributed by atoms with Crippen molar-refractivity contribution in [2.24, 2.45) is 10.9 Å². The fraction of sp³-hybridized carbons (Fsp3) is 0.737. The summed E-state index contributed by atoms with van der Waals surface area (Å²) in [7, 11) is 1.75. The predicted octanol–water partition coefficient (Wildman–Crippen LogP) is 2.90. The average Bonchev–Trinajstić information content (AvgIpc) is 3.07. The number of carbonyl (C=O) groups is 1. The van der Waals surface area contributed by atoms with Crippen molar-refractivity contribution >= 4 is 35.8 Å². The van der Waals surface area contributed by atoms with Crippen LogP contribution in [0.5, 0.6) is 0 Å². The lowest BCUT2D eigenvalue weighted by molar-refractivity contribution is -0.135. The molecule has 0 radical (unpaired) electrons. The zero-order valence-corrected chi connectivity index (χ0v) is 19.7. The first-order chi connectivity index (χ1) is 12.2. The molecule has 0 atom stereocenters. The van der Waals surface area contributed by atoms with Gasteiger partial charge in [-0.2, -0.15) is 0 Å². The lowest BCUT2D eigenvalue weighted by Gasteiger charge is -2.34. The Hall–Kier alpha value is -1.32. The number of nitrogens with one attached hydrogen (secondary N) is 2. The monoisotopic (exact) mass is 491 g/mol. The van der Waals surface area contributed by atoms with Gasteiger partial charge < -0.3 is 20.0 Å². The highest BCUT2D eigenvalue weighted by Gasteiger charge is 2.25. The van der Waals surface area contributed by atoms with Gasteiger partial charge in [-0.1, -0.05) is 34.6 Å². The van der Waals surface area contributed by atoms with Crippen LogP contribution in [0.25, 0.3) is 0 Å². The zero-order valence-electron chi connectivity index (χ0n) is 17.3. The molecule has 1 aliphatic rings. The summed E-state index contributed by atoms with van der Waals surface area (Å²) >= 11 is 0. The van der Waals surface area contributed by atoms with Crippen LogP contribution >= 0.6 is 24.0 Å². The van der Waals surface area contributed by atoms with E-state index >= 15 is 0 Å². The second-order valence-corrected chi connectivity index (χ2v) is 8.19. The summed E-state index contributed by atoms with van der Waals surface area (Å²) in [4.78, 5) is 22.6. The minimum Gasteiger partial charge on any atom is -0.443 e. The van der Waals surface area contributed by atoms with Crippen molar-refractivity contribution < 1.29 is 9.21 Å². The van der Waals surface area contributed by atoms with Crippen molar-refractivity contribution in [3.05, 3.63) is 17.8 Å². The molecule has 1 aliphatic heterocycles. The fourth-order valence-electron chi connectivity index (χ4n) is 2.90. The maximum atomic E-state index is 12.1. The van der Waals surface area contributed by atoms with Crippen LogP contribution in [0, 0.1) is 5.92 Å². The summed E-state index contributed by atoms with van der Waals surface area (Å²) in [6.07, 6.45) is 3.63. The number of amides is 1. The normalized spacial score (nSPS) is 16.3. The van der Waals surface area contributed by atoms with Crippen LogP contribution in [0.3, 0.4) is 0 Å². The van der Waals surface area contributed by atoms with Crippen molar-refractivity contribution in [3.63, 3.8) is 0 Å².